The summed E-state index contributed by atoms with van der Waals surface area (Å²) < 4.78 is 0. The quantitative estimate of drug-likeness (QED) is 0.874. The molecule has 2 rings (SSSR count). The second kappa shape index (κ2) is 6.34. The number of amides is 1. The van der Waals surface area contributed by atoms with E-state index in [1.54, 1.807) is 38.1 Å². The van der Waals surface area contributed by atoms with Crippen LogP contribution in [-0.2, 0) is 10.2 Å². The Hall–Kier alpha value is -2.76. The topological polar surface area (TPSA) is 92.2 Å². The molecular weight excluding hydrogens is 282 g/mol. The normalized spacial score (nSPS) is 13.2. The maximum absolute atomic E-state index is 12.2. The number of nitrogens with zero attached hydrogens (tertiary/aromatic N) is 2. The van der Waals surface area contributed by atoms with Crippen LogP contribution in [0.5, 0.6) is 0 Å². The zero-order valence-electron chi connectivity index (χ0n) is 12.4. The van der Waals surface area contributed by atoms with Crippen molar-refractivity contribution in [2.24, 2.45) is 0 Å². The molecule has 0 bridgehead atoms. The fourth-order valence-electron chi connectivity index (χ4n) is 2.07. The van der Waals surface area contributed by atoms with E-state index < -0.39 is 11.4 Å². The number of aliphatic carboxylic acids is 1. The molecule has 0 spiro atoms. The van der Waals surface area contributed by atoms with E-state index in [2.05, 4.69) is 15.3 Å². The Labute approximate surface area is 128 Å². The fraction of sp³-hybridized carbons (Fsp3) is 0.250. The lowest BCUT2D eigenvalue weighted by molar-refractivity contribution is -0.142. The van der Waals surface area contributed by atoms with Crippen LogP contribution in [0.15, 0.2) is 42.9 Å². The van der Waals surface area contributed by atoms with Crippen LogP contribution in [0.2, 0.25) is 0 Å². The first-order chi connectivity index (χ1) is 10.4. The van der Waals surface area contributed by atoms with Crippen molar-refractivity contribution < 1.29 is 14.7 Å². The molecule has 1 unspecified atom stereocenters. The molecule has 6 heteroatoms. The van der Waals surface area contributed by atoms with E-state index in [9.17, 15) is 14.7 Å². The van der Waals surface area contributed by atoms with Crippen LogP contribution in [-0.4, -0.2) is 33.5 Å². The predicted molar refractivity (Wildman–Crippen MR) is 80.5 cm³/mol. The van der Waals surface area contributed by atoms with E-state index in [1.807, 2.05) is 6.07 Å². The van der Waals surface area contributed by atoms with Crippen molar-refractivity contribution in [3.63, 3.8) is 0 Å². The first kappa shape index (κ1) is 15.6. The molecule has 0 fully saturated rings. The summed E-state index contributed by atoms with van der Waals surface area (Å²) in [4.78, 5) is 31.6. The van der Waals surface area contributed by atoms with E-state index >= 15 is 0 Å². The molecule has 6 nitrogen and oxygen atoms in total. The lowest BCUT2D eigenvalue weighted by Gasteiger charge is -2.25. The largest absolute Gasteiger partial charge is 0.481 e. The van der Waals surface area contributed by atoms with E-state index in [4.69, 9.17) is 0 Å². The van der Waals surface area contributed by atoms with Gasteiger partial charge >= 0.3 is 5.97 Å². The molecule has 2 N–H and O–H groups in total. The average molecular weight is 299 g/mol. The highest BCUT2D eigenvalue weighted by molar-refractivity contribution is 5.95. The molecule has 1 heterocycles. The van der Waals surface area contributed by atoms with Crippen molar-refractivity contribution in [1.29, 1.82) is 0 Å². The van der Waals surface area contributed by atoms with Crippen molar-refractivity contribution >= 4 is 11.9 Å². The molecule has 114 valence electrons. The van der Waals surface area contributed by atoms with Gasteiger partial charge in [-0.25, -0.2) is 9.97 Å². The number of aromatic nitrogens is 2. The molecule has 22 heavy (non-hydrogen) atoms. The van der Waals surface area contributed by atoms with Gasteiger partial charge in [-0.15, -0.1) is 0 Å². The standard InChI is InChI=1S/C16H17N3O3/c1-11-13(8-17-10-19-11)14(20)18-9-16(2,15(21)22)12-6-4-3-5-7-12/h3-8,10H,9H2,1-2H3,(H,18,20)(H,21,22). The summed E-state index contributed by atoms with van der Waals surface area (Å²) in [5, 5.41) is 12.2. The van der Waals surface area contributed by atoms with Crippen LogP contribution in [0.4, 0.5) is 0 Å². The molecular formula is C16H17N3O3. The van der Waals surface area contributed by atoms with E-state index in [0.717, 1.165) is 0 Å². The first-order valence-corrected chi connectivity index (χ1v) is 6.79. The number of aryl methyl sites for hydroxylation is 1. The second-order valence-corrected chi connectivity index (χ2v) is 5.21. The number of carboxylic acid groups (broad SMARTS) is 1. The van der Waals surface area contributed by atoms with Gasteiger partial charge in [0.2, 0.25) is 0 Å². The number of benzene rings is 1. The van der Waals surface area contributed by atoms with Crippen molar-refractivity contribution in [3.8, 4) is 0 Å². The fourth-order valence-corrected chi connectivity index (χ4v) is 2.07. The van der Waals surface area contributed by atoms with Crippen LogP contribution >= 0.6 is 0 Å². The zero-order chi connectivity index (χ0) is 16.2. The highest BCUT2D eigenvalue weighted by Gasteiger charge is 2.35. The van der Waals surface area contributed by atoms with Gasteiger partial charge in [0.1, 0.15) is 11.7 Å². The third-order valence-corrected chi connectivity index (χ3v) is 3.64. The Kier molecular flexibility index (Phi) is 4.50. The number of carbonyl (C=O) groups is 2. The summed E-state index contributed by atoms with van der Waals surface area (Å²) in [6.07, 6.45) is 2.77. The van der Waals surface area contributed by atoms with E-state index in [1.165, 1.54) is 12.5 Å². The average Bonchev–Trinajstić information content (AvgIpc) is 2.53. The number of carbonyl (C=O) groups excluding carboxylic acids is 1. The first-order valence-electron chi connectivity index (χ1n) is 6.79. The second-order valence-electron chi connectivity index (χ2n) is 5.21. The Morgan fingerprint density at radius 1 is 1.27 bits per heavy atom. The van der Waals surface area contributed by atoms with Crippen LogP contribution in [0.3, 0.4) is 0 Å². The summed E-state index contributed by atoms with van der Waals surface area (Å²) in [5.74, 6) is -1.39. The Morgan fingerprint density at radius 3 is 2.55 bits per heavy atom. The highest BCUT2D eigenvalue weighted by Crippen LogP contribution is 2.23. The zero-order valence-corrected chi connectivity index (χ0v) is 12.4. The molecule has 1 amide bonds. The summed E-state index contributed by atoms with van der Waals surface area (Å²) in [6.45, 7) is 3.25. The number of rotatable bonds is 5. The lowest BCUT2D eigenvalue weighted by atomic mass is 9.82. The van der Waals surface area contributed by atoms with E-state index in [-0.39, 0.29) is 12.5 Å². The predicted octanol–water partition coefficient (Wildman–Crippen LogP) is 1.56. The summed E-state index contributed by atoms with van der Waals surface area (Å²) in [6, 6.07) is 8.82. The van der Waals surface area contributed by atoms with Crippen molar-refractivity contribution in [1.82, 2.24) is 15.3 Å². The van der Waals surface area contributed by atoms with Gasteiger partial charge in [0.15, 0.2) is 0 Å². The molecule has 0 saturated carbocycles. The van der Waals surface area contributed by atoms with Gasteiger partial charge < -0.3 is 10.4 Å². The van der Waals surface area contributed by atoms with Crippen molar-refractivity contribution in [2.45, 2.75) is 19.3 Å². The van der Waals surface area contributed by atoms with Crippen LogP contribution in [0.25, 0.3) is 0 Å². The molecule has 0 radical (unpaired) electrons. The summed E-state index contributed by atoms with van der Waals surface area (Å²) in [5.41, 5.74) is 0.303. The number of carboxylic acids is 1. The van der Waals surface area contributed by atoms with Crippen LogP contribution in [0.1, 0.15) is 28.5 Å². The highest BCUT2D eigenvalue weighted by atomic mass is 16.4. The maximum atomic E-state index is 12.2. The van der Waals surface area contributed by atoms with Gasteiger partial charge in [0.25, 0.3) is 5.91 Å². The molecule has 0 aliphatic carbocycles. The Balaban J connectivity index is 2.19. The van der Waals surface area contributed by atoms with Gasteiger partial charge in [-0.1, -0.05) is 30.3 Å². The minimum atomic E-state index is -1.21. The minimum Gasteiger partial charge on any atom is -0.481 e. The number of hydrogen-bond acceptors (Lipinski definition) is 4. The maximum Gasteiger partial charge on any atom is 0.315 e. The van der Waals surface area contributed by atoms with Gasteiger partial charge in [-0.3, -0.25) is 9.59 Å². The van der Waals surface area contributed by atoms with Crippen molar-refractivity contribution in [2.75, 3.05) is 6.54 Å². The van der Waals surface area contributed by atoms with Crippen LogP contribution < -0.4 is 5.32 Å². The molecule has 1 aromatic heterocycles. The SMILES string of the molecule is Cc1ncncc1C(=O)NCC(C)(C(=O)O)c1ccccc1. The molecule has 1 aromatic carbocycles. The molecule has 0 aliphatic heterocycles. The monoisotopic (exact) mass is 299 g/mol. The van der Waals surface area contributed by atoms with Gasteiger partial charge in [-0.2, -0.15) is 0 Å². The van der Waals surface area contributed by atoms with Crippen molar-refractivity contribution in [3.05, 3.63) is 59.7 Å². The number of nitrogens with one attached hydrogen (secondary N) is 1. The lowest BCUT2D eigenvalue weighted by Crippen LogP contribution is -2.44. The van der Waals surface area contributed by atoms with Gasteiger partial charge in [-0.05, 0) is 19.4 Å². The van der Waals surface area contributed by atoms with Crippen LogP contribution in [0, 0.1) is 6.92 Å². The summed E-state index contributed by atoms with van der Waals surface area (Å²) >= 11 is 0. The smallest absolute Gasteiger partial charge is 0.315 e. The number of hydrogen-bond donors (Lipinski definition) is 2. The third kappa shape index (κ3) is 3.11. The molecule has 1 atom stereocenters. The molecule has 2 aromatic rings. The van der Waals surface area contributed by atoms with Gasteiger partial charge in [0.05, 0.1) is 11.3 Å². The molecule has 0 aliphatic rings. The Morgan fingerprint density at radius 2 is 1.95 bits per heavy atom. The Bertz CT molecular complexity index is 688. The molecule has 0 saturated heterocycles. The summed E-state index contributed by atoms with van der Waals surface area (Å²) in [7, 11) is 0. The van der Waals surface area contributed by atoms with Gasteiger partial charge in [0, 0.05) is 12.7 Å². The minimum absolute atomic E-state index is 0.0283. The van der Waals surface area contributed by atoms with E-state index in [0.29, 0.717) is 16.8 Å². The third-order valence-electron chi connectivity index (χ3n) is 3.64.